The Morgan fingerprint density at radius 3 is 2.86 bits per heavy atom. The van der Waals surface area contributed by atoms with E-state index < -0.39 is 16.2 Å². The Hall–Kier alpha value is -2.79. The number of anilines is 2. The molecule has 2 aliphatic heterocycles. The normalized spacial score (nSPS) is 23.7. The molecule has 9 nitrogen and oxygen atoms in total. The van der Waals surface area contributed by atoms with Gasteiger partial charge in [-0.2, -0.15) is 0 Å². The van der Waals surface area contributed by atoms with Gasteiger partial charge in [-0.3, -0.25) is 8.71 Å². The van der Waals surface area contributed by atoms with Crippen molar-refractivity contribution in [1.29, 1.82) is 0 Å². The van der Waals surface area contributed by atoms with Gasteiger partial charge in [0, 0.05) is 19.6 Å². The molecule has 2 N–H and O–H groups in total. The van der Waals surface area contributed by atoms with Gasteiger partial charge >= 0.3 is 0 Å². The molecule has 0 amide bonds. The molecular weight excluding hydrogens is 397 g/mol. The maximum Gasteiger partial charge on any atom is 0.236 e. The van der Waals surface area contributed by atoms with Crippen molar-refractivity contribution in [1.82, 2.24) is 24.7 Å². The number of sulfonamides is 1. The van der Waals surface area contributed by atoms with Gasteiger partial charge in [-0.25, -0.2) is 27.8 Å². The van der Waals surface area contributed by atoms with Crippen molar-refractivity contribution < 1.29 is 12.8 Å². The summed E-state index contributed by atoms with van der Waals surface area (Å²) in [6, 6.07) is 5.14. The summed E-state index contributed by atoms with van der Waals surface area (Å²) in [7, 11) is -3.32. The molecule has 0 spiro atoms. The highest BCUT2D eigenvalue weighted by atomic mass is 32.2. The van der Waals surface area contributed by atoms with Crippen LogP contribution in [0.3, 0.4) is 0 Å². The molecule has 3 aromatic rings. The molecule has 0 bridgehead atoms. The molecule has 0 saturated carbocycles. The zero-order valence-electron chi connectivity index (χ0n) is 15.5. The SMILES string of the molecule is O=S1(=O)CCCN1c1cn2c(-c3cccc(N[C@H]4CNC[C@@H]4F)n3)cnc2cn1. The van der Waals surface area contributed by atoms with E-state index in [4.69, 9.17) is 0 Å². The van der Waals surface area contributed by atoms with Crippen LogP contribution >= 0.6 is 0 Å². The maximum atomic E-state index is 13.9. The minimum Gasteiger partial charge on any atom is -0.363 e. The third-order valence-electron chi connectivity index (χ3n) is 5.22. The largest absolute Gasteiger partial charge is 0.363 e. The quantitative estimate of drug-likeness (QED) is 0.654. The fourth-order valence-electron chi connectivity index (χ4n) is 3.73. The van der Waals surface area contributed by atoms with Gasteiger partial charge in [0.15, 0.2) is 11.5 Å². The highest BCUT2D eigenvalue weighted by Gasteiger charge is 2.30. The third-order valence-corrected chi connectivity index (χ3v) is 7.07. The lowest BCUT2D eigenvalue weighted by Gasteiger charge is -2.16. The molecule has 2 aliphatic rings. The number of alkyl halides is 1. The average Bonchev–Trinajstić information content (AvgIpc) is 3.40. The smallest absolute Gasteiger partial charge is 0.236 e. The first-order valence-corrected chi connectivity index (χ1v) is 11.0. The average molecular weight is 417 g/mol. The van der Waals surface area contributed by atoms with Crippen LogP contribution in [0.1, 0.15) is 6.42 Å². The zero-order chi connectivity index (χ0) is 20.0. The first kappa shape index (κ1) is 18.3. The van der Waals surface area contributed by atoms with Gasteiger partial charge in [0.05, 0.1) is 41.8 Å². The summed E-state index contributed by atoms with van der Waals surface area (Å²) >= 11 is 0. The van der Waals surface area contributed by atoms with E-state index in [1.807, 2.05) is 12.1 Å². The van der Waals surface area contributed by atoms with E-state index in [0.717, 1.165) is 0 Å². The molecule has 0 aromatic carbocycles. The maximum absolute atomic E-state index is 13.9. The van der Waals surface area contributed by atoms with Crippen LogP contribution in [-0.2, 0) is 10.0 Å². The fraction of sp³-hybridized carbons (Fsp3) is 0.389. The van der Waals surface area contributed by atoms with Crippen LogP contribution in [0.5, 0.6) is 0 Å². The second-order valence-electron chi connectivity index (χ2n) is 7.19. The van der Waals surface area contributed by atoms with Crippen molar-refractivity contribution in [2.24, 2.45) is 0 Å². The number of imidazole rings is 1. The van der Waals surface area contributed by atoms with E-state index >= 15 is 0 Å². The summed E-state index contributed by atoms with van der Waals surface area (Å²) in [6.07, 6.45) is 4.50. The fourth-order valence-corrected chi connectivity index (χ4v) is 5.23. The van der Waals surface area contributed by atoms with Crippen LogP contribution in [0.15, 0.2) is 36.8 Å². The van der Waals surface area contributed by atoms with E-state index in [1.54, 1.807) is 29.1 Å². The number of halogens is 1. The predicted octanol–water partition coefficient (Wildman–Crippen LogP) is 1.05. The van der Waals surface area contributed by atoms with Crippen LogP contribution in [0.25, 0.3) is 17.0 Å². The topological polar surface area (TPSA) is 105 Å². The highest BCUT2D eigenvalue weighted by molar-refractivity contribution is 7.93. The first-order valence-electron chi connectivity index (χ1n) is 9.43. The van der Waals surface area contributed by atoms with Gasteiger partial charge in [0.25, 0.3) is 0 Å². The number of rotatable bonds is 4. The van der Waals surface area contributed by atoms with Crippen molar-refractivity contribution in [3.63, 3.8) is 0 Å². The molecule has 2 atom stereocenters. The third kappa shape index (κ3) is 3.29. The Kier molecular flexibility index (Phi) is 4.36. The lowest BCUT2D eigenvalue weighted by Crippen LogP contribution is -2.29. The Bertz CT molecular complexity index is 1170. The minimum absolute atomic E-state index is 0.129. The lowest BCUT2D eigenvalue weighted by atomic mass is 10.2. The lowest BCUT2D eigenvalue weighted by molar-refractivity contribution is 0.342. The van der Waals surface area contributed by atoms with Gasteiger partial charge in [-0.15, -0.1) is 0 Å². The van der Waals surface area contributed by atoms with Gasteiger partial charge in [0.2, 0.25) is 10.0 Å². The second kappa shape index (κ2) is 6.92. The summed E-state index contributed by atoms with van der Waals surface area (Å²) in [5, 5.41) is 6.14. The standard InChI is InChI=1S/C18H20FN7O2S/c19-12-7-20-8-14(12)24-16-4-1-3-13(23-16)15-9-21-17-10-22-18(11-25(15)17)26-5-2-6-29(26,27)28/h1,3-4,9-12,14,20H,2,5-8H2,(H,23,24)/t12-,14-/m0/s1. The van der Waals surface area contributed by atoms with E-state index in [-0.39, 0.29) is 11.8 Å². The molecule has 2 fully saturated rings. The van der Waals surface area contributed by atoms with Crippen molar-refractivity contribution in [2.75, 3.05) is 35.0 Å². The van der Waals surface area contributed by atoms with Crippen molar-refractivity contribution in [2.45, 2.75) is 18.6 Å². The molecule has 0 radical (unpaired) electrons. The Morgan fingerprint density at radius 1 is 1.21 bits per heavy atom. The molecule has 0 aliphatic carbocycles. The number of aromatic nitrogens is 4. The number of nitrogens with zero attached hydrogens (tertiary/aromatic N) is 5. The van der Waals surface area contributed by atoms with Crippen LogP contribution in [0, 0.1) is 0 Å². The van der Waals surface area contributed by atoms with Crippen molar-refractivity contribution in [3.05, 3.63) is 36.8 Å². The summed E-state index contributed by atoms with van der Waals surface area (Å²) in [4.78, 5) is 13.2. The monoisotopic (exact) mass is 417 g/mol. The van der Waals surface area contributed by atoms with Crippen molar-refractivity contribution in [3.8, 4) is 11.4 Å². The summed E-state index contributed by atoms with van der Waals surface area (Å²) in [5.41, 5.74) is 1.93. The summed E-state index contributed by atoms with van der Waals surface area (Å²) in [5.74, 6) is 1.07. The van der Waals surface area contributed by atoms with Crippen LogP contribution in [-0.4, -0.2) is 65.4 Å². The highest BCUT2D eigenvalue weighted by Crippen LogP contribution is 2.26. The van der Waals surface area contributed by atoms with Crippen molar-refractivity contribution >= 4 is 27.3 Å². The molecular formula is C18H20FN7O2S. The molecule has 5 rings (SSSR count). The van der Waals surface area contributed by atoms with Crippen LogP contribution < -0.4 is 14.9 Å². The molecule has 2 saturated heterocycles. The minimum atomic E-state index is -3.32. The summed E-state index contributed by atoms with van der Waals surface area (Å²) < 4.78 is 41.5. The van der Waals surface area contributed by atoms with Gasteiger partial charge < -0.3 is 10.6 Å². The second-order valence-corrected chi connectivity index (χ2v) is 9.20. The van der Waals surface area contributed by atoms with Crippen LogP contribution in [0.2, 0.25) is 0 Å². The molecule has 0 unspecified atom stereocenters. The number of pyridine rings is 1. The van der Waals surface area contributed by atoms with Crippen LogP contribution in [0.4, 0.5) is 16.0 Å². The number of hydrogen-bond acceptors (Lipinski definition) is 7. The number of fused-ring (bicyclic) bond motifs is 1. The Morgan fingerprint density at radius 2 is 2.10 bits per heavy atom. The Labute approximate surface area is 167 Å². The number of nitrogens with one attached hydrogen (secondary N) is 2. The van der Waals surface area contributed by atoms with E-state index in [1.165, 1.54) is 4.31 Å². The van der Waals surface area contributed by atoms with Gasteiger partial charge in [-0.05, 0) is 18.6 Å². The molecule has 11 heteroatoms. The number of hydrogen-bond donors (Lipinski definition) is 2. The molecule has 3 aromatic heterocycles. The predicted molar refractivity (Wildman–Crippen MR) is 107 cm³/mol. The van der Waals surface area contributed by atoms with Gasteiger partial charge in [0.1, 0.15) is 12.0 Å². The molecule has 152 valence electrons. The van der Waals surface area contributed by atoms with E-state index in [9.17, 15) is 12.8 Å². The Balaban J connectivity index is 1.50. The zero-order valence-corrected chi connectivity index (χ0v) is 16.3. The molecule has 5 heterocycles. The van der Waals surface area contributed by atoms with Gasteiger partial charge in [-0.1, -0.05) is 6.07 Å². The molecule has 29 heavy (non-hydrogen) atoms. The first-order chi connectivity index (χ1) is 14.0. The van der Waals surface area contributed by atoms with E-state index in [0.29, 0.717) is 54.7 Å². The van der Waals surface area contributed by atoms with E-state index in [2.05, 4.69) is 25.6 Å². The summed E-state index contributed by atoms with van der Waals surface area (Å²) in [6.45, 7) is 1.30.